The number of anilines is 1. The Morgan fingerprint density at radius 3 is 2.31 bits per heavy atom. The van der Waals surface area contributed by atoms with E-state index < -0.39 is 5.60 Å². The molecule has 1 aromatic rings. The fraction of sp³-hybridized carbons (Fsp3) is 0.591. The van der Waals surface area contributed by atoms with Gasteiger partial charge in [0.2, 0.25) is 5.91 Å². The number of likely N-dealkylation sites (tertiary alicyclic amines) is 1. The molecule has 0 saturated carbocycles. The fourth-order valence-electron chi connectivity index (χ4n) is 3.14. The minimum Gasteiger partial charge on any atom is -0.444 e. The molecule has 1 fully saturated rings. The number of nitrogens with zero attached hydrogens (tertiary/aromatic N) is 2. The molecule has 1 saturated heterocycles. The average molecular weight is 404 g/mol. The quantitative estimate of drug-likeness (QED) is 0.433. The van der Waals surface area contributed by atoms with Crippen LogP contribution in [0.25, 0.3) is 0 Å². The third-order valence-electron chi connectivity index (χ3n) is 4.71. The van der Waals surface area contributed by atoms with Gasteiger partial charge in [0, 0.05) is 25.7 Å². The zero-order valence-corrected chi connectivity index (χ0v) is 18.2. The van der Waals surface area contributed by atoms with Gasteiger partial charge in [-0.2, -0.15) is 0 Å². The summed E-state index contributed by atoms with van der Waals surface area (Å²) in [5.41, 5.74) is 2.04. The van der Waals surface area contributed by atoms with Crippen LogP contribution in [0.5, 0.6) is 0 Å². The van der Waals surface area contributed by atoms with E-state index in [9.17, 15) is 9.59 Å². The lowest BCUT2D eigenvalue weighted by molar-refractivity contribution is -0.114. The first-order chi connectivity index (χ1) is 13.6. The molecule has 0 unspecified atom stereocenters. The first kappa shape index (κ1) is 22.7. The van der Waals surface area contributed by atoms with E-state index in [0.717, 1.165) is 49.3 Å². The van der Waals surface area contributed by atoms with Crippen molar-refractivity contribution < 1.29 is 19.2 Å². The minimum absolute atomic E-state index is 0.0941. The molecule has 1 aliphatic rings. The first-order valence-electron chi connectivity index (χ1n) is 10.2. The Morgan fingerprint density at radius 1 is 1.14 bits per heavy atom. The lowest BCUT2D eigenvalue weighted by Gasteiger charge is -2.33. The van der Waals surface area contributed by atoms with Crippen molar-refractivity contribution in [2.45, 2.75) is 59.5 Å². The van der Waals surface area contributed by atoms with Crippen molar-refractivity contribution in [2.24, 2.45) is 11.1 Å². The number of rotatable bonds is 6. The predicted octanol–water partition coefficient (Wildman–Crippen LogP) is 4.42. The smallest absolute Gasteiger partial charge is 0.410 e. The van der Waals surface area contributed by atoms with Crippen molar-refractivity contribution in [3.05, 3.63) is 29.8 Å². The maximum absolute atomic E-state index is 12.1. The predicted molar refractivity (Wildman–Crippen MR) is 114 cm³/mol. The van der Waals surface area contributed by atoms with Gasteiger partial charge in [0.05, 0.1) is 5.71 Å². The molecule has 7 nitrogen and oxygen atoms in total. The molecule has 7 heteroatoms. The number of benzene rings is 1. The van der Waals surface area contributed by atoms with Gasteiger partial charge < -0.3 is 19.8 Å². The van der Waals surface area contributed by atoms with Gasteiger partial charge in [-0.3, -0.25) is 4.79 Å². The lowest BCUT2D eigenvalue weighted by Crippen LogP contribution is -2.41. The van der Waals surface area contributed by atoms with Gasteiger partial charge in [0.1, 0.15) is 12.2 Å². The summed E-state index contributed by atoms with van der Waals surface area (Å²) >= 11 is 0. The zero-order chi connectivity index (χ0) is 21.4. The Bertz CT molecular complexity index is 715. The Hall–Kier alpha value is -2.57. The van der Waals surface area contributed by atoms with E-state index in [-0.39, 0.29) is 12.0 Å². The van der Waals surface area contributed by atoms with Gasteiger partial charge >= 0.3 is 6.09 Å². The van der Waals surface area contributed by atoms with Crippen LogP contribution in [0.1, 0.15) is 59.4 Å². The first-order valence-corrected chi connectivity index (χ1v) is 10.2. The third-order valence-corrected chi connectivity index (χ3v) is 4.71. The highest BCUT2D eigenvalue weighted by Crippen LogP contribution is 2.22. The van der Waals surface area contributed by atoms with Crippen LogP contribution in [0.2, 0.25) is 0 Å². The molecule has 0 aromatic heterocycles. The van der Waals surface area contributed by atoms with Crippen molar-refractivity contribution in [2.75, 3.05) is 25.0 Å². The second-order valence-electron chi connectivity index (χ2n) is 8.47. The largest absolute Gasteiger partial charge is 0.444 e. The fourth-order valence-corrected chi connectivity index (χ4v) is 3.14. The van der Waals surface area contributed by atoms with Crippen molar-refractivity contribution >= 4 is 23.4 Å². The lowest BCUT2D eigenvalue weighted by atomic mass is 9.94. The van der Waals surface area contributed by atoms with Crippen LogP contribution in [0.4, 0.5) is 10.5 Å². The molecular weight excluding hydrogens is 370 g/mol. The number of carbonyl (C=O) groups excluding carboxylic acids is 2. The number of hydrogen-bond acceptors (Lipinski definition) is 5. The summed E-state index contributed by atoms with van der Waals surface area (Å²) in [5.74, 6) is 0.435. The molecule has 0 bridgehead atoms. The maximum atomic E-state index is 12.1. The molecule has 1 aliphatic heterocycles. The van der Waals surface area contributed by atoms with E-state index >= 15 is 0 Å². The van der Waals surface area contributed by atoms with Crippen molar-refractivity contribution in [1.29, 1.82) is 0 Å². The molecule has 2 rings (SSSR count). The number of piperidine rings is 1. The average Bonchev–Trinajstić information content (AvgIpc) is 2.64. The van der Waals surface area contributed by atoms with Crippen LogP contribution in [-0.4, -0.2) is 47.9 Å². The SMILES string of the molecule is CC(=O)Nc1ccc(C(C)=NOCCC2CCN(C(=O)OC(C)(C)C)CC2)cc1. The van der Waals surface area contributed by atoms with Gasteiger partial charge in [-0.15, -0.1) is 0 Å². The molecule has 0 spiro atoms. The number of amides is 2. The zero-order valence-electron chi connectivity index (χ0n) is 18.2. The minimum atomic E-state index is -0.456. The molecule has 2 amide bonds. The van der Waals surface area contributed by atoms with E-state index in [0.29, 0.717) is 12.5 Å². The van der Waals surface area contributed by atoms with Crippen LogP contribution in [0, 0.1) is 5.92 Å². The Kier molecular flexibility index (Phi) is 8.05. The Labute approximate surface area is 173 Å². The summed E-state index contributed by atoms with van der Waals surface area (Å²) in [6, 6.07) is 7.49. The van der Waals surface area contributed by atoms with Gasteiger partial charge in [-0.25, -0.2) is 4.79 Å². The molecule has 0 atom stereocenters. The topological polar surface area (TPSA) is 80.2 Å². The number of nitrogens with one attached hydrogen (secondary N) is 1. The monoisotopic (exact) mass is 403 g/mol. The van der Waals surface area contributed by atoms with E-state index in [1.54, 1.807) is 4.90 Å². The number of ether oxygens (including phenoxy) is 1. The number of oxime groups is 1. The van der Waals surface area contributed by atoms with Crippen molar-refractivity contribution in [3.8, 4) is 0 Å². The molecule has 29 heavy (non-hydrogen) atoms. The highest BCUT2D eigenvalue weighted by atomic mass is 16.6. The second-order valence-corrected chi connectivity index (χ2v) is 8.47. The van der Waals surface area contributed by atoms with E-state index in [1.165, 1.54) is 6.92 Å². The van der Waals surface area contributed by atoms with Gasteiger partial charge in [0.25, 0.3) is 0 Å². The van der Waals surface area contributed by atoms with Crippen LogP contribution < -0.4 is 5.32 Å². The van der Waals surface area contributed by atoms with E-state index in [2.05, 4.69) is 10.5 Å². The summed E-state index contributed by atoms with van der Waals surface area (Å²) < 4.78 is 5.43. The maximum Gasteiger partial charge on any atom is 0.410 e. The summed E-state index contributed by atoms with van der Waals surface area (Å²) in [6.07, 6.45) is 2.60. The summed E-state index contributed by atoms with van der Waals surface area (Å²) in [4.78, 5) is 30.5. The molecule has 160 valence electrons. The summed E-state index contributed by atoms with van der Waals surface area (Å²) in [7, 11) is 0. The highest BCUT2D eigenvalue weighted by molar-refractivity contribution is 5.99. The number of hydrogen-bond donors (Lipinski definition) is 1. The van der Waals surface area contributed by atoms with Crippen LogP contribution >= 0.6 is 0 Å². The van der Waals surface area contributed by atoms with Crippen LogP contribution in [0.3, 0.4) is 0 Å². The normalized spacial score (nSPS) is 15.8. The summed E-state index contributed by atoms with van der Waals surface area (Å²) in [6.45, 7) is 11.0. The Morgan fingerprint density at radius 2 is 1.76 bits per heavy atom. The van der Waals surface area contributed by atoms with Crippen LogP contribution in [0.15, 0.2) is 29.4 Å². The molecule has 0 aliphatic carbocycles. The molecule has 1 heterocycles. The van der Waals surface area contributed by atoms with Gasteiger partial charge in [0.15, 0.2) is 0 Å². The molecule has 1 N–H and O–H groups in total. The van der Waals surface area contributed by atoms with E-state index in [1.807, 2.05) is 52.0 Å². The van der Waals surface area contributed by atoms with Crippen molar-refractivity contribution in [1.82, 2.24) is 4.90 Å². The third kappa shape index (κ3) is 8.13. The molecule has 1 aromatic carbocycles. The second kappa shape index (κ2) is 10.3. The van der Waals surface area contributed by atoms with E-state index in [4.69, 9.17) is 9.57 Å². The summed E-state index contributed by atoms with van der Waals surface area (Å²) in [5, 5.41) is 6.94. The van der Waals surface area contributed by atoms with Gasteiger partial charge in [-0.05, 0) is 70.6 Å². The van der Waals surface area contributed by atoms with Crippen LogP contribution in [-0.2, 0) is 14.4 Å². The van der Waals surface area contributed by atoms with Crippen molar-refractivity contribution in [3.63, 3.8) is 0 Å². The Balaban J connectivity index is 1.70. The molecule has 0 radical (unpaired) electrons. The van der Waals surface area contributed by atoms with Gasteiger partial charge in [-0.1, -0.05) is 17.3 Å². The standard InChI is InChI=1S/C22H33N3O4/c1-16(19-6-8-20(9-7-19)23-17(2)26)24-28-15-12-18-10-13-25(14-11-18)21(27)29-22(3,4)5/h6-9,18H,10-15H2,1-5H3,(H,23,26). The number of carbonyl (C=O) groups is 2. The molecular formula is C22H33N3O4. The highest BCUT2D eigenvalue weighted by Gasteiger charge is 2.26.